The number of hydrogen-bond donors (Lipinski definition) is 1. The van der Waals surface area contributed by atoms with Gasteiger partial charge < -0.3 is 10.2 Å². The molecule has 1 aromatic carbocycles. The minimum atomic E-state index is -0.413. The molecule has 1 aliphatic rings. The number of nitrogens with one attached hydrogen (secondary N) is 1. The minimum Gasteiger partial charge on any atom is -0.381 e. The van der Waals surface area contributed by atoms with Crippen molar-refractivity contribution in [1.82, 2.24) is 14.5 Å². The Morgan fingerprint density at radius 3 is 2.90 bits per heavy atom. The Balaban J connectivity index is 1.68. The van der Waals surface area contributed by atoms with Crippen molar-refractivity contribution in [3.63, 3.8) is 0 Å². The highest BCUT2D eigenvalue weighted by atomic mass is 32.1. The van der Waals surface area contributed by atoms with Crippen LogP contribution in [0.15, 0.2) is 34.4 Å². The Bertz CT molecular complexity index is 1100. The van der Waals surface area contributed by atoms with E-state index in [2.05, 4.69) is 30.1 Å². The van der Waals surface area contributed by atoms with Crippen molar-refractivity contribution in [2.75, 3.05) is 31.5 Å². The van der Waals surface area contributed by atoms with E-state index >= 15 is 0 Å². The monoisotopic (exact) mass is 412 g/mol. The first-order valence-corrected chi connectivity index (χ1v) is 10.9. The Morgan fingerprint density at radius 2 is 2.17 bits per heavy atom. The van der Waals surface area contributed by atoms with Gasteiger partial charge in [-0.2, -0.15) is 0 Å². The molecular weight excluding hydrogens is 387 g/mol. The first kappa shape index (κ1) is 19.8. The summed E-state index contributed by atoms with van der Waals surface area (Å²) in [5.74, 6) is 0.278. The molecule has 0 saturated carbocycles. The molecule has 0 unspecified atom stereocenters. The summed E-state index contributed by atoms with van der Waals surface area (Å²) in [6.45, 7) is 8.19. The molecule has 0 amide bonds. The third kappa shape index (κ3) is 3.97. The molecule has 3 heterocycles. The van der Waals surface area contributed by atoms with E-state index in [0.29, 0.717) is 35.5 Å². The smallest absolute Gasteiger partial charge is 0.261 e. The van der Waals surface area contributed by atoms with Crippen LogP contribution in [0, 0.1) is 5.82 Å². The highest BCUT2D eigenvalue weighted by molar-refractivity contribution is 7.10. The summed E-state index contributed by atoms with van der Waals surface area (Å²) in [6, 6.07) is 7.04. The molecule has 0 radical (unpaired) electrons. The molecular formula is C22H25FN4OS. The first-order valence-electron chi connectivity index (χ1n) is 10.1. The molecule has 29 heavy (non-hydrogen) atoms. The molecule has 152 valence electrons. The number of benzene rings is 1. The lowest BCUT2D eigenvalue weighted by Crippen LogP contribution is -2.28. The van der Waals surface area contributed by atoms with Crippen LogP contribution in [0.25, 0.3) is 22.6 Å². The van der Waals surface area contributed by atoms with Crippen molar-refractivity contribution >= 4 is 39.6 Å². The summed E-state index contributed by atoms with van der Waals surface area (Å²) < 4.78 is 16.3. The maximum absolute atomic E-state index is 14.6. The first-order chi connectivity index (χ1) is 14.1. The summed E-state index contributed by atoms with van der Waals surface area (Å²) in [7, 11) is 0. The average molecular weight is 413 g/mol. The Hall–Kier alpha value is -2.51. The van der Waals surface area contributed by atoms with Gasteiger partial charge in [0.05, 0.1) is 16.6 Å². The second-order valence-corrected chi connectivity index (χ2v) is 8.11. The van der Waals surface area contributed by atoms with Crippen LogP contribution in [0.5, 0.6) is 0 Å². The molecule has 0 atom stereocenters. The second-order valence-electron chi connectivity index (χ2n) is 7.13. The Labute approximate surface area is 173 Å². The maximum atomic E-state index is 14.6. The van der Waals surface area contributed by atoms with Gasteiger partial charge in [0.1, 0.15) is 11.6 Å². The van der Waals surface area contributed by atoms with Gasteiger partial charge in [-0.1, -0.05) is 19.9 Å². The van der Waals surface area contributed by atoms with Gasteiger partial charge >= 0.3 is 0 Å². The van der Waals surface area contributed by atoms with Crippen LogP contribution in [0.4, 0.5) is 10.1 Å². The lowest BCUT2D eigenvalue weighted by Gasteiger charge is -2.18. The molecule has 0 spiro atoms. The fraction of sp³-hybridized carbons (Fsp3) is 0.364. The second kappa shape index (κ2) is 8.47. The van der Waals surface area contributed by atoms with Crippen molar-refractivity contribution in [2.24, 2.45) is 0 Å². The van der Waals surface area contributed by atoms with E-state index in [-0.39, 0.29) is 5.56 Å². The molecule has 0 fully saturated rings. The number of aromatic nitrogens is 2. The maximum Gasteiger partial charge on any atom is 0.261 e. The highest BCUT2D eigenvalue weighted by Gasteiger charge is 2.22. The zero-order valence-corrected chi connectivity index (χ0v) is 17.6. The van der Waals surface area contributed by atoms with Crippen molar-refractivity contribution < 1.29 is 4.39 Å². The van der Waals surface area contributed by atoms with E-state index in [1.165, 1.54) is 6.07 Å². The topological polar surface area (TPSA) is 50.2 Å². The van der Waals surface area contributed by atoms with Crippen molar-refractivity contribution in [1.29, 1.82) is 0 Å². The predicted molar refractivity (Wildman–Crippen MR) is 119 cm³/mol. The normalized spacial score (nSPS) is 14.8. The van der Waals surface area contributed by atoms with Gasteiger partial charge in [0.25, 0.3) is 5.56 Å². The van der Waals surface area contributed by atoms with E-state index in [4.69, 9.17) is 4.98 Å². The Morgan fingerprint density at radius 1 is 1.34 bits per heavy atom. The number of allylic oxidation sites excluding steroid dienone is 1. The highest BCUT2D eigenvalue weighted by Crippen LogP contribution is 2.29. The van der Waals surface area contributed by atoms with Gasteiger partial charge in [-0.05, 0) is 54.7 Å². The standard InChI is InChI=1S/C22H25FN4OS/c1-3-26(4-2)10-8-24-20-14-19-17(13-18(20)23)22(28)27-9-7-15(21(27)25-19)12-16-6-5-11-29-16/h5-6,11-14,24H,3-4,7-10H2,1-2H3/b15-12+. The molecule has 0 bridgehead atoms. The third-order valence-corrected chi connectivity index (χ3v) is 6.25. The van der Waals surface area contributed by atoms with Gasteiger partial charge in [0.2, 0.25) is 0 Å². The molecule has 3 aromatic rings. The molecule has 1 aliphatic heterocycles. The fourth-order valence-corrected chi connectivity index (χ4v) is 4.43. The summed E-state index contributed by atoms with van der Waals surface area (Å²) in [5.41, 5.74) is 1.80. The lowest BCUT2D eigenvalue weighted by atomic mass is 10.1. The number of likely N-dealkylation sites (N-methyl/N-ethyl adjacent to an activating group) is 1. The molecule has 7 heteroatoms. The van der Waals surface area contributed by atoms with Crippen LogP contribution < -0.4 is 10.9 Å². The SMILES string of the molecule is CCN(CC)CCNc1cc2nc3n(c(=O)c2cc1F)CC/C3=C\c1cccs1. The number of hydrogen-bond acceptors (Lipinski definition) is 5. The van der Waals surface area contributed by atoms with E-state index in [1.54, 1.807) is 22.0 Å². The van der Waals surface area contributed by atoms with Gasteiger partial charge in [-0.25, -0.2) is 9.37 Å². The van der Waals surface area contributed by atoms with E-state index in [1.807, 2.05) is 17.5 Å². The summed E-state index contributed by atoms with van der Waals surface area (Å²) in [4.78, 5) is 21.1. The zero-order chi connectivity index (χ0) is 20.4. The number of nitrogens with zero attached hydrogens (tertiary/aromatic N) is 3. The molecule has 0 saturated heterocycles. The van der Waals surface area contributed by atoms with Crippen LogP contribution in [-0.4, -0.2) is 40.6 Å². The van der Waals surface area contributed by atoms with Crippen LogP contribution in [-0.2, 0) is 6.54 Å². The number of anilines is 1. The van der Waals surface area contributed by atoms with Crippen molar-refractivity contribution in [3.8, 4) is 0 Å². The summed E-state index contributed by atoms with van der Waals surface area (Å²) in [6.07, 6.45) is 2.85. The Kier molecular flexibility index (Phi) is 5.78. The third-order valence-electron chi connectivity index (χ3n) is 5.43. The van der Waals surface area contributed by atoms with Gasteiger partial charge in [0, 0.05) is 24.5 Å². The molecule has 2 aromatic heterocycles. The predicted octanol–water partition coefficient (Wildman–Crippen LogP) is 4.30. The van der Waals surface area contributed by atoms with Gasteiger partial charge in [0.15, 0.2) is 0 Å². The fourth-order valence-electron chi connectivity index (χ4n) is 3.74. The molecule has 0 aliphatic carbocycles. The van der Waals surface area contributed by atoms with Crippen LogP contribution in [0.2, 0.25) is 0 Å². The largest absolute Gasteiger partial charge is 0.381 e. The molecule has 1 N–H and O–H groups in total. The van der Waals surface area contributed by atoms with Crippen LogP contribution in [0.3, 0.4) is 0 Å². The van der Waals surface area contributed by atoms with E-state index in [0.717, 1.165) is 36.5 Å². The van der Waals surface area contributed by atoms with Gasteiger partial charge in [-0.3, -0.25) is 9.36 Å². The van der Waals surface area contributed by atoms with Crippen molar-refractivity contribution in [2.45, 2.75) is 26.8 Å². The van der Waals surface area contributed by atoms with Crippen LogP contribution >= 0.6 is 11.3 Å². The number of rotatable bonds is 7. The number of halogens is 1. The van der Waals surface area contributed by atoms with E-state index in [9.17, 15) is 9.18 Å². The summed E-state index contributed by atoms with van der Waals surface area (Å²) >= 11 is 1.66. The zero-order valence-electron chi connectivity index (χ0n) is 16.7. The van der Waals surface area contributed by atoms with Crippen molar-refractivity contribution in [3.05, 3.63) is 56.5 Å². The lowest BCUT2D eigenvalue weighted by molar-refractivity contribution is 0.316. The quantitative estimate of drug-likeness (QED) is 0.629. The van der Waals surface area contributed by atoms with Gasteiger partial charge in [-0.15, -0.1) is 11.3 Å². The summed E-state index contributed by atoms with van der Waals surface area (Å²) in [5, 5.41) is 5.52. The average Bonchev–Trinajstić information content (AvgIpc) is 3.37. The molecule has 4 rings (SSSR count). The molecule has 5 nitrogen and oxygen atoms in total. The van der Waals surface area contributed by atoms with E-state index < -0.39 is 5.82 Å². The van der Waals surface area contributed by atoms with Crippen LogP contribution in [0.1, 0.15) is 31.0 Å². The minimum absolute atomic E-state index is 0.173. The number of fused-ring (bicyclic) bond motifs is 2. The number of thiophene rings is 1.